The van der Waals surface area contributed by atoms with Crippen LogP contribution in [0.4, 0.5) is 10.5 Å². The summed E-state index contributed by atoms with van der Waals surface area (Å²) in [4.78, 5) is 24.9. The molecule has 0 bridgehead atoms. The molecule has 0 aliphatic rings. The molecule has 0 aliphatic carbocycles. The highest BCUT2D eigenvalue weighted by molar-refractivity contribution is 9.10. The third-order valence-corrected chi connectivity index (χ3v) is 3.98. The predicted molar refractivity (Wildman–Crippen MR) is 99.6 cm³/mol. The number of imide groups is 1. The van der Waals surface area contributed by atoms with E-state index in [2.05, 4.69) is 42.0 Å². The van der Waals surface area contributed by atoms with E-state index < -0.39 is 11.9 Å². The topological polar surface area (TPSA) is 102 Å². The van der Waals surface area contributed by atoms with E-state index in [1.807, 2.05) is 0 Å². The molecule has 0 aliphatic heterocycles. The number of carbonyl (C=O) groups is 2. The van der Waals surface area contributed by atoms with Crippen molar-refractivity contribution in [2.24, 2.45) is 0 Å². The maximum atomic E-state index is 11.9. The van der Waals surface area contributed by atoms with E-state index in [4.69, 9.17) is 11.6 Å². The first-order valence-electron chi connectivity index (χ1n) is 7.40. The summed E-state index contributed by atoms with van der Waals surface area (Å²) in [6, 6.07) is 13.2. The van der Waals surface area contributed by atoms with Crippen molar-refractivity contribution >= 4 is 45.2 Å². The first kappa shape index (κ1) is 18.0. The van der Waals surface area contributed by atoms with Crippen LogP contribution in [-0.4, -0.2) is 32.1 Å². The lowest BCUT2D eigenvalue weighted by Crippen LogP contribution is -2.37. The Morgan fingerprint density at radius 1 is 1.08 bits per heavy atom. The number of aromatic nitrogens is 4. The lowest BCUT2D eigenvalue weighted by Gasteiger charge is -2.06. The molecule has 2 aromatic carbocycles. The average molecular weight is 436 g/mol. The lowest BCUT2D eigenvalue weighted by atomic mass is 10.2. The van der Waals surface area contributed by atoms with Crippen LogP contribution < -0.4 is 10.6 Å². The van der Waals surface area contributed by atoms with E-state index in [-0.39, 0.29) is 6.54 Å². The maximum absolute atomic E-state index is 11.9. The molecule has 8 nitrogen and oxygen atoms in total. The van der Waals surface area contributed by atoms with E-state index in [0.29, 0.717) is 22.1 Å². The van der Waals surface area contributed by atoms with E-state index >= 15 is 0 Å². The smallest absolute Gasteiger partial charge is 0.308 e. The van der Waals surface area contributed by atoms with Gasteiger partial charge in [0, 0.05) is 20.7 Å². The van der Waals surface area contributed by atoms with Crippen LogP contribution in [0, 0.1) is 0 Å². The number of amides is 3. The molecule has 0 spiro atoms. The third kappa shape index (κ3) is 4.87. The summed E-state index contributed by atoms with van der Waals surface area (Å²) in [5.74, 6) is -0.214. The van der Waals surface area contributed by atoms with Gasteiger partial charge in [0.25, 0.3) is 5.91 Å². The Bertz CT molecular complexity index is 927. The second-order valence-corrected chi connectivity index (χ2v) is 6.51. The van der Waals surface area contributed by atoms with Gasteiger partial charge >= 0.3 is 6.03 Å². The molecule has 1 heterocycles. The molecule has 0 saturated carbocycles. The van der Waals surface area contributed by atoms with Crippen LogP contribution in [0.3, 0.4) is 0 Å². The van der Waals surface area contributed by atoms with E-state index in [0.717, 1.165) is 9.27 Å². The first-order chi connectivity index (χ1) is 12.5. The second-order valence-electron chi connectivity index (χ2n) is 5.16. The fourth-order valence-electron chi connectivity index (χ4n) is 2.01. The van der Waals surface area contributed by atoms with Crippen molar-refractivity contribution in [2.45, 2.75) is 6.54 Å². The molecule has 3 rings (SSSR count). The quantitative estimate of drug-likeness (QED) is 0.656. The number of nitrogens with zero attached hydrogens (tertiary/aromatic N) is 4. The standard InChI is InChI=1S/C16H12BrClN6O2/c17-11-3-7-13(8-4-11)19-16(26)20-14(25)9-24-22-15(21-23-24)10-1-5-12(18)6-2-10/h1-8H,9H2,(H2,19,20,25,26). The fourth-order valence-corrected chi connectivity index (χ4v) is 2.41. The molecule has 1 aromatic heterocycles. The zero-order chi connectivity index (χ0) is 18.5. The highest BCUT2D eigenvalue weighted by Gasteiger charge is 2.12. The number of benzene rings is 2. The molecule has 0 atom stereocenters. The molecule has 0 radical (unpaired) electrons. The van der Waals surface area contributed by atoms with Crippen LogP contribution in [0.25, 0.3) is 11.4 Å². The molecular weight excluding hydrogens is 424 g/mol. The van der Waals surface area contributed by atoms with Crippen LogP contribution in [0.2, 0.25) is 5.02 Å². The van der Waals surface area contributed by atoms with Gasteiger partial charge in [0.15, 0.2) is 0 Å². The van der Waals surface area contributed by atoms with Gasteiger partial charge in [0.1, 0.15) is 6.54 Å². The van der Waals surface area contributed by atoms with E-state index in [1.54, 1.807) is 48.5 Å². The molecule has 0 saturated heterocycles. The number of carbonyl (C=O) groups excluding carboxylic acids is 2. The Labute approximate surface area is 161 Å². The van der Waals surface area contributed by atoms with Gasteiger partial charge in [-0.15, -0.1) is 10.2 Å². The summed E-state index contributed by atoms with van der Waals surface area (Å²) in [6.45, 7) is -0.242. The summed E-state index contributed by atoms with van der Waals surface area (Å²) in [5.41, 5.74) is 1.27. The number of nitrogens with one attached hydrogen (secondary N) is 2. The lowest BCUT2D eigenvalue weighted by molar-refractivity contribution is -0.120. The minimum atomic E-state index is -0.643. The number of tetrazole rings is 1. The van der Waals surface area contributed by atoms with Gasteiger partial charge in [-0.25, -0.2) is 4.79 Å². The summed E-state index contributed by atoms with van der Waals surface area (Å²) in [7, 11) is 0. The normalized spacial score (nSPS) is 10.4. The van der Waals surface area contributed by atoms with Crippen LogP contribution >= 0.6 is 27.5 Å². The number of hydrogen-bond acceptors (Lipinski definition) is 5. The van der Waals surface area contributed by atoms with Crippen LogP contribution in [0.15, 0.2) is 53.0 Å². The Morgan fingerprint density at radius 2 is 1.77 bits per heavy atom. The molecular formula is C16H12BrClN6O2. The highest BCUT2D eigenvalue weighted by atomic mass is 79.9. The zero-order valence-corrected chi connectivity index (χ0v) is 15.5. The van der Waals surface area contributed by atoms with Crippen molar-refractivity contribution in [3.63, 3.8) is 0 Å². The molecule has 10 heteroatoms. The fraction of sp³-hybridized carbons (Fsp3) is 0.0625. The van der Waals surface area contributed by atoms with Gasteiger partial charge in [-0.2, -0.15) is 4.80 Å². The van der Waals surface area contributed by atoms with Crippen molar-refractivity contribution in [1.82, 2.24) is 25.5 Å². The largest absolute Gasteiger partial charge is 0.325 e. The highest BCUT2D eigenvalue weighted by Crippen LogP contribution is 2.17. The van der Waals surface area contributed by atoms with E-state index in [9.17, 15) is 9.59 Å². The monoisotopic (exact) mass is 434 g/mol. The zero-order valence-electron chi connectivity index (χ0n) is 13.2. The van der Waals surface area contributed by atoms with Gasteiger partial charge in [-0.05, 0) is 53.7 Å². The number of rotatable bonds is 4. The Hall–Kier alpha value is -2.78. The predicted octanol–water partition coefficient (Wildman–Crippen LogP) is 3.10. The van der Waals surface area contributed by atoms with Crippen LogP contribution in [-0.2, 0) is 11.3 Å². The molecule has 3 amide bonds. The van der Waals surface area contributed by atoms with Gasteiger partial charge < -0.3 is 5.32 Å². The maximum Gasteiger partial charge on any atom is 0.325 e. The van der Waals surface area contributed by atoms with Crippen LogP contribution in [0.5, 0.6) is 0 Å². The molecule has 0 unspecified atom stereocenters. The number of halogens is 2. The van der Waals surface area contributed by atoms with Gasteiger partial charge in [0.2, 0.25) is 5.82 Å². The molecule has 132 valence electrons. The molecule has 0 fully saturated rings. The Balaban J connectivity index is 1.55. The number of anilines is 1. The SMILES string of the molecule is O=C(Cn1nnc(-c2ccc(Cl)cc2)n1)NC(=O)Nc1ccc(Br)cc1. The van der Waals surface area contributed by atoms with Crippen molar-refractivity contribution < 1.29 is 9.59 Å². The Morgan fingerprint density at radius 3 is 2.46 bits per heavy atom. The van der Waals surface area contributed by atoms with E-state index in [1.165, 1.54) is 0 Å². The first-order valence-corrected chi connectivity index (χ1v) is 8.57. The van der Waals surface area contributed by atoms with Crippen molar-refractivity contribution in [3.8, 4) is 11.4 Å². The van der Waals surface area contributed by atoms with Crippen molar-refractivity contribution in [3.05, 3.63) is 58.0 Å². The minimum absolute atomic E-state index is 0.242. The van der Waals surface area contributed by atoms with Gasteiger partial charge in [0.05, 0.1) is 0 Å². The van der Waals surface area contributed by atoms with Crippen LogP contribution in [0.1, 0.15) is 0 Å². The summed E-state index contributed by atoms with van der Waals surface area (Å²) < 4.78 is 0.883. The third-order valence-electron chi connectivity index (χ3n) is 3.20. The minimum Gasteiger partial charge on any atom is -0.308 e. The molecule has 26 heavy (non-hydrogen) atoms. The van der Waals surface area contributed by atoms with Gasteiger partial charge in [-0.3, -0.25) is 10.1 Å². The number of hydrogen-bond donors (Lipinski definition) is 2. The Kier molecular flexibility index (Phi) is 5.59. The average Bonchev–Trinajstić information content (AvgIpc) is 3.05. The summed E-state index contributed by atoms with van der Waals surface area (Å²) in [6.07, 6.45) is 0. The summed E-state index contributed by atoms with van der Waals surface area (Å²) in [5, 5.41) is 17.1. The van der Waals surface area contributed by atoms with Gasteiger partial charge in [-0.1, -0.05) is 27.5 Å². The second kappa shape index (κ2) is 8.07. The van der Waals surface area contributed by atoms with Crippen molar-refractivity contribution in [2.75, 3.05) is 5.32 Å². The molecule has 3 aromatic rings. The summed E-state index contributed by atoms with van der Waals surface area (Å²) >= 11 is 9.13. The molecule has 2 N–H and O–H groups in total. The number of urea groups is 1. The van der Waals surface area contributed by atoms with Crippen molar-refractivity contribution in [1.29, 1.82) is 0 Å².